The van der Waals surface area contributed by atoms with E-state index in [2.05, 4.69) is 9.80 Å². The van der Waals surface area contributed by atoms with Gasteiger partial charge in [0.1, 0.15) is 0 Å². The molecule has 3 aliphatic rings. The van der Waals surface area contributed by atoms with Gasteiger partial charge >= 0.3 is 0 Å². The van der Waals surface area contributed by atoms with E-state index in [-0.39, 0.29) is 11.9 Å². The SMILES string of the molecule is CCc1c(C(=O)N2CCOCC2)nn([C@H]2CCCN(CCN3CCC(OC)CC3)C2)c1-c1ccccc1S(=O)O. The van der Waals surface area contributed by atoms with E-state index in [0.717, 1.165) is 76.2 Å². The van der Waals surface area contributed by atoms with E-state index < -0.39 is 11.1 Å². The maximum atomic E-state index is 13.7. The maximum absolute atomic E-state index is 13.7. The second-order valence-electron chi connectivity index (χ2n) is 11.0. The number of rotatable bonds is 9. The maximum Gasteiger partial charge on any atom is 0.274 e. The van der Waals surface area contributed by atoms with Crippen LogP contribution in [-0.4, -0.2) is 118 Å². The van der Waals surface area contributed by atoms with Gasteiger partial charge in [-0.15, -0.1) is 0 Å². The largest absolute Gasteiger partial charge is 0.381 e. The molecule has 5 rings (SSSR count). The number of piperidine rings is 2. The van der Waals surface area contributed by atoms with Gasteiger partial charge in [-0.1, -0.05) is 25.1 Å². The number of morpholine rings is 1. The number of amides is 1. The molecular formula is C29H43N5O5S. The van der Waals surface area contributed by atoms with Gasteiger partial charge in [-0.2, -0.15) is 5.10 Å². The Hall–Kier alpha value is -2.15. The summed E-state index contributed by atoms with van der Waals surface area (Å²) in [6, 6.07) is 7.29. The smallest absolute Gasteiger partial charge is 0.274 e. The molecule has 2 aromatic rings. The van der Waals surface area contributed by atoms with Gasteiger partial charge in [0, 0.05) is 64.0 Å². The van der Waals surface area contributed by atoms with Gasteiger partial charge in [0.2, 0.25) is 0 Å². The van der Waals surface area contributed by atoms with Crippen LogP contribution in [0.15, 0.2) is 29.2 Å². The zero-order valence-corrected chi connectivity index (χ0v) is 24.6. The summed E-state index contributed by atoms with van der Waals surface area (Å²) in [5.74, 6) is -0.0881. The van der Waals surface area contributed by atoms with Crippen molar-refractivity contribution in [3.63, 3.8) is 0 Å². The van der Waals surface area contributed by atoms with Crippen LogP contribution < -0.4 is 0 Å². The van der Waals surface area contributed by atoms with Gasteiger partial charge in [-0.3, -0.25) is 14.4 Å². The van der Waals surface area contributed by atoms with Crippen LogP contribution in [0, 0.1) is 0 Å². The van der Waals surface area contributed by atoms with Gasteiger partial charge < -0.3 is 23.8 Å². The van der Waals surface area contributed by atoms with Crippen molar-refractivity contribution in [1.29, 1.82) is 0 Å². The Morgan fingerprint density at radius 3 is 2.50 bits per heavy atom. The molecule has 1 N–H and O–H groups in total. The van der Waals surface area contributed by atoms with Crippen molar-refractivity contribution in [2.75, 3.05) is 72.7 Å². The number of methoxy groups -OCH3 is 1. The molecule has 0 spiro atoms. The van der Waals surface area contributed by atoms with E-state index >= 15 is 0 Å². The monoisotopic (exact) mass is 573 g/mol. The third-order valence-electron chi connectivity index (χ3n) is 8.62. The van der Waals surface area contributed by atoms with E-state index in [1.807, 2.05) is 28.6 Å². The molecule has 11 heteroatoms. The first kappa shape index (κ1) is 29.3. The highest BCUT2D eigenvalue weighted by atomic mass is 32.2. The summed E-state index contributed by atoms with van der Waals surface area (Å²) in [6.07, 6.45) is 5.14. The summed E-state index contributed by atoms with van der Waals surface area (Å²) >= 11 is -2.16. The first-order chi connectivity index (χ1) is 19.5. The third-order valence-corrected chi connectivity index (χ3v) is 9.35. The van der Waals surface area contributed by atoms with E-state index in [0.29, 0.717) is 55.0 Å². The molecule has 4 heterocycles. The van der Waals surface area contributed by atoms with E-state index in [1.165, 1.54) is 0 Å². The van der Waals surface area contributed by atoms with Crippen LogP contribution >= 0.6 is 0 Å². The average molecular weight is 574 g/mol. The Bertz CT molecular complexity index is 1180. The number of hydrogen-bond acceptors (Lipinski definition) is 7. The van der Waals surface area contributed by atoms with Crippen molar-refractivity contribution in [1.82, 2.24) is 24.5 Å². The van der Waals surface area contributed by atoms with Gasteiger partial charge in [0.05, 0.1) is 35.9 Å². The van der Waals surface area contributed by atoms with Crippen molar-refractivity contribution in [3.05, 3.63) is 35.5 Å². The zero-order valence-electron chi connectivity index (χ0n) is 23.8. The fourth-order valence-corrected chi connectivity index (χ4v) is 6.89. The predicted octanol–water partition coefficient (Wildman–Crippen LogP) is 2.91. The number of nitrogens with zero attached hydrogens (tertiary/aromatic N) is 5. The summed E-state index contributed by atoms with van der Waals surface area (Å²) in [5.41, 5.74) is 2.76. The molecular weight excluding hydrogens is 530 g/mol. The van der Waals surface area contributed by atoms with Crippen LogP contribution in [0.3, 0.4) is 0 Å². The summed E-state index contributed by atoms with van der Waals surface area (Å²) in [5, 5.41) is 5.01. The van der Waals surface area contributed by atoms with Crippen molar-refractivity contribution in [2.24, 2.45) is 0 Å². The van der Waals surface area contributed by atoms with Crippen LogP contribution in [0.2, 0.25) is 0 Å². The van der Waals surface area contributed by atoms with Gasteiger partial charge in [-0.05, 0) is 44.7 Å². The summed E-state index contributed by atoms with van der Waals surface area (Å²) in [4.78, 5) is 20.9. The fourth-order valence-electron chi connectivity index (χ4n) is 6.34. The van der Waals surface area contributed by atoms with Gasteiger partial charge in [0.15, 0.2) is 16.8 Å². The standard InChI is InChI=1S/C29H43N5O5S/c1-3-24-27(29(35)33-17-19-39-20-18-33)30-34(28(24)25-8-4-5-9-26(25)40(36)37)22-7-6-12-32(21-22)16-15-31-13-10-23(38-2)11-14-31/h4-5,8-9,22-23H,3,6-7,10-21H2,1-2H3,(H,36,37)/t22-/m0/s1. The molecule has 0 aliphatic carbocycles. The van der Waals surface area contributed by atoms with Crippen LogP contribution in [-0.2, 0) is 27.0 Å². The lowest BCUT2D eigenvalue weighted by Crippen LogP contribution is -2.44. The number of carbonyl (C=O) groups is 1. The molecule has 0 radical (unpaired) electrons. The highest BCUT2D eigenvalue weighted by Crippen LogP contribution is 2.36. The first-order valence-corrected chi connectivity index (χ1v) is 15.8. The summed E-state index contributed by atoms with van der Waals surface area (Å²) in [6.45, 7) is 10.2. The van der Waals surface area contributed by atoms with Crippen molar-refractivity contribution in [3.8, 4) is 11.3 Å². The molecule has 2 atom stereocenters. The van der Waals surface area contributed by atoms with Crippen molar-refractivity contribution in [2.45, 2.75) is 56.1 Å². The molecule has 1 aromatic carbocycles. The Balaban J connectivity index is 1.43. The minimum Gasteiger partial charge on any atom is -0.381 e. The van der Waals surface area contributed by atoms with E-state index in [4.69, 9.17) is 14.6 Å². The molecule has 3 saturated heterocycles. The van der Waals surface area contributed by atoms with Crippen molar-refractivity contribution >= 4 is 17.0 Å². The molecule has 3 aliphatic heterocycles. The second kappa shape index (κ2) is 13.7. The zero-order chi connectivity index (χ0) is 28.1. The number of likely N-dealkylation sites (tertiary alicyclic amines) is 2. The molecule has 0 saturated carbocycles. The van der Waals surface area contributed by atoms with E-state index in [1.54, 1.807) is 19.2 Å². The quantitative estimate of drug-likeness (QED) is 0.457. The molecule has 3 fully saturated rings. The molecule has 1 amide bonds. The Labute approximate surface area is 239 Å². The van der Waals surface area contributed by atoms with Crippen LogP contribution in [0.4, 0.5) is 0 Å². The minimum atomic E-state index is -2.16. The number of ether oxygens (including phenoxy) is 2. The molecule has 0 bridgehead atoms. The molecule has 1 aromatic heterocycles. The fraction of sp³-hybridized carbons (Fsp3) is 0.655. The predicted molar refractivity (Wildman–Crippen MR) is 154 cm³/mol. The topological polar surface area (TPSA) is 100 Å². The molecule has 40 heavy (non-hydrogen) atoms. The van der Waals surface area contributed by atoms with Gasteiger partial charge in [0.25, 0.3) is 5.91 Å². The highest BCUT2D eigenvalue weighted by Gasteiger charge is 2.33. The number of aromatic nitrogens is 2. The number of benzene rings is 1. The lowest BCUT2D eigenvalue weighted by molar-refractivity contribution is 0.0297. The van der Waals surface area contributed by atoms with Crippen molar-refractivity contribution < 1.29 is 23.0 Å². The number of hydrogen-bond donors (Lipinski definition) is 1. The molecule has 10 nitrogen and oxygen atoms in total. The van der Waals surface area contributed by atoms with Crippen LogP contribution in [0.1, 0.15) is 54.7 Å². The van der Waals surface area contributed by atoms with Gasteiger partial charge in [-0.25, -0.2) is 4.21 Å². The summed E-state index contributed by atoms with van der Waals surface area (Å²) in [7, 11) is 1.80. The highest BCUT2D eigenvalue weighted by molar-refractivity contribution is 7.79. The first-order valence-electron chi connectivity index (χ1n) is 14.7. The Kier molecular flexibility index (Phi) is 10.0. The number of carbonyl (C=O) groups excluding carboxylic acids is 1. The molecule has 1 unspecified atom stereocenters. The molecule has 220 valence electrons. The lowest BCUT2D eigenvalue weighted by atomic mass is 10.0. The Morgan fingerprint density at radius 1 is 1.07 bits per heavy atom. The lowest BCUT2D eigenvalue weighted by Gasteiger charge is -2.36. The summed E-state index contributed by atoms with van der Waals surface area (Å²) < 4.78 is 35.5. The second-order valence-corrected chi connectivity index (χ2v) is 11.9. The van der Waals surface area contributed by atoms with Crippen LogP contribution in [0.25, 0.3) is 11.3 Å². The average Bonchev–Trinajstić information content (AvgIpc) is 3.40. The van der Waals surface area contributed by atoms with E-state index in [9.17, 15) is 13.6 Å². The Morgan fingerprint density at radius 2 is 1.80 bits per heavy atom. The van der Waals surface area contributed by atoms with Crippen LogP contribution in [0.5, 0.6) is 0 Å². The minimum absolute atomic E-state index is 0.0692. The normalized spacial score (nSPS) is 22.5. The third kappa shape index (κ3) is 6.50.